The number of fused-ring (bicyclic) bond motifs is 1. The summed E-state index contributed by atoms with van der Waals surface area (Å²) in [5.74, 6) is 0.201. The van der Waals surface area contributed by atoms with E-state index >= 15 is 0 Å². The molecule has 0 aliphatic carbocycles. The molecule has 0 amide bonds. The van der Waals surface area contributed by atoms with E-state index in [0.29, 0.717) is 5.69 Å². The van der Waals surface area contributed by atoms with E-state index in [2.05, 4.69) is 11.9 Å². The van der Waals surface area contributed by atoms with Gasteiger partial charge >= 0.3 is 0 Å². The average Bonchev–Trinajstić information content (AvgIpc) is 2.57. The first-order valence-corrected chi connectivity index (χ1v) is 4.81. The molecule has 1 aromatic heterocycles. The van der Waals surface area contributed by atoms with Gasteiger partial charge in [0.2, 0.25) is 0 Å². The smallest absolute Gasteiger partial charge is 0.148 e. The van der Waals surface area contributed by atoms with Gasteiger partial charge in [0, 0.05) is 17.1 Å². The van der Waals surface area contributed by atoms with Crippen molar-refractivity contribution in [2.24, 2.45) is 0 Å². The van der Waals surface area contributed by atoms with Gasteiger partial charge in [-0.3, -0.25) is 0 Å². The van der Waals surface area contributed by atoms with Crippen LogP contribution in [0.1, 0.15) is 18.9 Å². The molecule has 0 saturated heterocycles. The summed E-state index contributed by atoms with van der Waals surface area (Å²) in [5, 5.41) is 10.7. The van der Waals surface area contributed by atoms with Crippen LogP contribution in [-0.2, 0) is 6.42 Å². The van der Waals surface area contributed by atoms with Crippen molar-refractivity contribution in [3.63, 3.8) is 0 Å². The second kappa shape index (κ2) is 3.25. The Bertz CT molecular complexity index is 460. The number of anilines is 1. The van der Waals surface area contributed by atoms with E-state index < -0.39 is 0 Å². The summed E-state index contributed by atoms with van der Waals surface area (Å²) in [7, 11) is 0. The van der Waals surface area contributed by atoms with Crippen molar-refractivity contribution < 1.29 is 5.11 Å². The second-order valence-corrected chi connectivity index (χ2v) is 3.49. The molecule has 0 bridgehead atoms. The highest BCUT2D eigenvalue weighted by Gasteiger charge is 2.09. The van der Waals surface area contributed by atoms with Gasteiger partial charge in [-0.2, -0.15) is 0 Å². The number of phenolic OH excluding ortho intramolecular Hbond substituents is 1. The number of nitrogens with one attached hydrogen (secondary N) is 1. The maximum absolute atomic E-state index is 9.81. The topological polar surface area (TPSA) is 62.0 Å². The number of rotatable bonds is 2. The maximum Gasteiger partial charge on any atom is 0.148 e. The first-order valence-electron chi connectivity index (χ1n) is 4.81. The minimum atomic E-state index is 0.201. The van der Waals surface area contributed by atoms with Crippen LogP contribution in [0.3, 0.4) is 0 Å². The molecule has 0 saturated carbocycles. The van der Waals surface area contributed by atoms with Crippen LogP contribution >= 0.6 is 0 Å². The number of phenols is 1. The van der Waals surface area contributed by atoms with Crippen molar-refractivity contribution in [1.29, 1.82) is 0 Å². The van der Waals surface area contributed by atoms with Gasteiger partial charge in [-0.05, 0) is 24.1 Å². The molecular formula is C11H14N2O. The number of hydrogen-bond acceptors (Lipinski definition) is 2. The number of benzene rings is 1. The van der Waals surface area contributed by atoms with E-state index in [9.17, 15) is 5.11 Å². The zero-order valence-corrected chi connectivity index (χ0v) is 8.17. The molecule has 2 rings (SSSR count). The summed E-state index contributed by atoms with van der Waals surface area (Å²) in [6.45, 7) is 2.11. The van der Waals surface area contributed by atoms with Crippen molar-refractivity contribution >= 4 is 16.6 Å². The molecule has 0 unspecified atom stereocenters. The lowest BCUT2D eigenvalue weighted by Crippen LogP contribution is -1.87. The summed E-state index contributed by atoms with van der Waals surface area (Å²) in [5.41, 5.74) is 8.16. The Kier molecular flexibility index (Phi) is 2.08. The van der Waals surface area contributed by atoms with Crippen molar-refractivity contribution in [1.82, 2.24) is 4.98 Å². The highest BCUT2D eigenvalue weighted by Crippen LogP contribution is 2.33. The third-order valence-corrected chi connectivity index (χ3v) is 2.45. The zero-order valence-electron chi connectivity index (χ0n) is 8.17. The van der Waals surface area contributed by atoms with Crippen LogP contribution in [-0.4, -0.2) is 10.1 Å². The minimum Gasteiger partial charge on any atom is -0.505 e. The lowest BCUT2D eigenvalue weighted by Gasteiger charge is -2.02. The molecule has 4 N–H and O–H groups in total. The largest absolute Gasteiger partial charge is 0.505 e. The number of aromatic amines is 1. The summed E-state index contributed by atoms with van der Waals surface area (Å²) in [6, 6.07) is 3.60. The van der Waals surface area contributed by atoms with Crippen LogP contribution in [0.5, 0.6) is 5.75 Å². The van der Waals surface area contributed by atoms with Gasteiger partial charge in [0.1, 0.15) is 5.75 Å². The van der Waals surface area contributed by atoms with Gasteiger partial charge in [0.15, 0.2) is 0 Å². The van der Waals surface area contributed by atoms with Crippen molar-refractivity contribution in [2.75, 3.05) is 5.73 Å². The number of hydrogen-bond donors (Lipinski definition) is 3. The van der Waals surface area contributed by atoms with E-state index in [1.165, 1.54) is 0 Å². The summed E-state index contributed by atoms with van der Waals surface area (Å²) in [4.78, 5) is 3.13. The molecule has 3 nitrogen and oxygen atoms in total. The summed E-state index contributed by atoms with van der Waals surface area (Å²) < 4.78 is 0. The van der Waals surface area contributed by atoms with E-state index in [1.807, 2.05) is 12.3 Å². The Hall–Kier alpha value is -1.64. The Labute approximate surface area is 82.6 Å². The molecule has 3 heteroatoms. The third kappa shape index (κ3) is 1.21. The number of aryl methyl sites for hydroxylation is 1. The molecular weight excluding hydrogens is 176 g/mol. The SMILES string of the molecule is CCCc1c[nH]c2ccc(N)c(O)c12. The zero-order chi connectivity index (χ0) is 10.1. The van der Waals surface area contributed by atoms with Crippen molar-refractivity contribution in [3.8, 4) is 5.75 Å². The van der Waals surface area contributed by atoms with E-state index in [1.54, 1.807) is 6.07 Å². The number of nitrogens with two attached hydrogens (primary N) is 1. The normalized spacial score (nSPS) is 10.9. The molecule has 74 valence electrons. The number of aromatic nitrogens is 1. The molecule has 2 aromatic rings. The van der Waals surface area contributed by atoms with Gasteiger partial charge in [-0.25, -0.2) is 0 Å². The van der Waals surface area contributed by atoms with E-state index in [-0.39, 0.29) is 5.75 Å². The van der Waals surface area contributed by atoms with E-state index in [0.717, 1.165) is 29.3 Å². The molecule has 0 atom stereocenters. The Morgan fingerprint density at radius 3 is 2.93 bits per heavy atom. The minimum absolute atomic E-state index is 0.201. The highest BCUT2D eigenvalue weighted by molar-refractivity contribution is 5.93. The Balaban J connectivity index is 2.69. The second-order valence-electron chi connectivity index (χ2n) is 3.49. The van der Waals surface area contributed by atoms with E-state index in [4.69, 9.17) is 5.73 Å². The van der Waals surface area contributed by atoms with Gasteiger partial charge in [0.05, 0.1) is 5.69 Å². The van der Waals surface area contributed by atoms with Gasteiger partial charge in [-0.1, -0.05) is 13.3 Å². The Morgan fingerprint density at radius 2 is 2.21 bits per heavy atom. The molecule has 0 aliphatic rings. The van der Waals surface area contributed by atoms with Crippen LogP contribution in [0.25, 0.3) is 10.9 Å². The monoisotopic (exact) mass is 190 g/mol. The first-order chi connectivity index (χ1) is 6.74. The Morgan fingerprint density at radius 1 is 1.43 bits per heavy atom. The molecule has 1 heterocycles. The average molecular weight is 190 g/mol. The molecule has 14 heavy (non-hydrogen) atoms. The summed E-state index contributed by atoms with van der Waals surface area (Å²) >= 11 is 0. The molecule has 0 aliphatic heterocycles. The van der Waals surface area contributed by atoms with Crippen LogP contribution < -0.4 is 5.73 Å². The fourth-order valence-electron chi connectivity index (χ4n) is 1.76. The predicted octanol–water partition coefficient (Wildman–Crippen LogP) is 2.41. The number of aromatic hydroxyl groups is 1. The standard InChI is InChI=1S/C11H14N2O/c1-2-3-7-6-13-9-5-4-8(12)11(14)10(7)9/h4-6,13-14H,2-3,12H2,1H3. The summed E-state index contributed by atoms with van der Waals surface area (Å²) in [6.07, 6.45) is 3.95. The number of nitrogen functional groups attached to an aromatic ring is 1. The fourth-order valence-corrected chi connectivity index (χ4v) is 1.76. The highest BCUT2D eigenvalue weighted by atomic mass is 16.3. The molecule has 1 aromatic carbocycles. The van der Waals surface area contributed by atoms with Crippen LogP contribution in [0.4, 0.5) is 5.69 Å². The van der Waals surface area contributed by atoms with Gasteiger partial charge in [-0.15, -0.1) is 0 Å². The number of H-pyrrole nitrogens is 1. The lowest BCUT2D eigenvalue weighted by atomic mass is 10.1. The van der Waals surface area contributed by atoms with Crippen LogP contribution in [0, 0.1) is 0 Å². The third-order valence-electron chi connectivity index (χ3n) is 2.45. The quantitative estimate of drug-likeness (QED) is 0.503. The van der Waals surface area contributed by atoms with Crippen LogP contribution in [0.15, 0.2) is 18.3 Å². The lowest BCUT2D eigenvalue weighted by molar-refractivity contribution is 0.484. The van der Waals surface area contributed by atoms with Gasteiger partial charge < -0.3 is 15.8 Å². The fraction of sp³-hybridized carbons (Fsp3) is 0.273. The molecule has 0 spiro atoms. The van der Waals surface area contributed by atoms with Crippen molar-refractivity contribution in [3.05, 3.63) is 23.9 Å². The maximum atomic E-state index is 9.81. The van der Waals surface area contributed by atoms with Gasteiger partial charge in [0.25, 0.3) is 0 Å². The molecule has 0 fully saturated rings. The van der Waals surface area contributed by atoms with Crippen LogP contribution in [0.2, 0.25) is 0 Å². The molecule has 0 radical (unpaired) electrons. The predicted molar refractivity (Wildman–Crippen MR) is 58.4 cm³/mol. The first kappa shape index (κ1) is 8.94. The van der Waals surface area contributed by atoms with Crippen molar-refractivity contribution in [2.45, 2.75) is 19.8 Å².